The van der Waals surface area contributed by atoms with Gasteiger partial charge in [0.25, 0.3) is 0 Å². The number of ether oxygens (including phenoxy) is 8. The molecule has 1 aliphatic heterocycles. The largest absolute Gasteiger partial charge is 0.494 e. The topological polar surface area (TPSA) is 124 Å². The first-order valence-electron chi connectivity index (χ1n) is 24.3. The Hall–Kier alpha value is -6.56. The molecule has 5 aromatic carbocycles. The number of aromatic nitrogens is 2. The number of benzene rings is 5. The molecule has 0 unspecified atom stereocenters. The molecular weight excluding hydrogens is 845 g/mol. The zero-order chi connectivity index (χ0) is 46.9. The second-order valence-electron chi connectivity index (χ2n) is 16.4. The first-order valence-corrected chi connectivity index (χ1v) is 24.3. The van der Waals surface area contributed by atoms with Gasteiger partial charge < -0.3 is 48.5 Å². The van der Waals surface area contributed by atoms with Crippen molar-refractivity contribution in [3.8, 4) is 46.0 Å². The van der Waals surface area contributed by atoms with Gasteiger partial charge in [-0.2, -0.15) is 0 Å². The van der Waals surface area contributed by atoms with Crippen molar-refractivity contribution in [1.82, 2.24) is 9.97 Å². The summed E-state index contributed by atoms with van der Waals surface area (Å²) in [4.78, 5) is 10.1. The van der Waals surface area contributed by atoms with Gasteiger partial charge in [-0.05, 0) is 104 Å². The summed E-state index contributed by atoms with van der Waals surface area (Å²) in [7, 11) is 0. The predicted octanol–water partition coefficient (Wildman–Crippen LogP) is 10.9. The monoisotopic (exact) mass is 910 g/mol. The molecule has 0 saturated heterocycles. The van der Waals surface area contributed by atoms with Gasteiger partial charge in [0, 0.05) is 113 Å². The molecular formula is C55H66N4O8. The summed E-state index contributed by atoms with van der Waals surface area (Å²) >= 11 is 0. The summed E-state index contributed by atoms with van der Waals surface area (Å²) in [5, 5.41) is 7.56. The summed E-state index contributed by atoms with van der Waals surface area (Å²) < 4.78 is 51.8. The van der Waals surface area contributed by atoms with Crippen molar-refractivity contribution in [1.29, 1.82) is 0 Å². The Balaban J connectivity index is 1.43. The fourth-order valence-electron chi connectivity index (χ4n) is 9.42. The van der Waals surface area contributed by atoms with E-state index in [9.17, 15) is 0 Å². The van der Waals surface area contributed by atoms with Crippen LogP contribution in [-0.4, -0.2) is 75.9 Å². The van der Waals surface area contributed by atoms with Crippen LogP contribution in [0, 0.1) is 0 Å². The molecule has 0 saturated carbocycles. The van der Waals surface area contributed by atoms with E-state index in [4.69, 9.17) is 47.9 Å². The molecule has 1 aromatic heterocycles. The number of nitrogens with one attached hydrogen (secondary N) is 2. The van der Waals surface area contributed by atoms with E-state index in [1.54, 1.807) is 12.4 Å². The van der Waals surface area contributed by atoms with Gasteiger partial charge in [0.1, 0.15) is 46.0 Å². The molecule has 16 rings (SSSR count). The molecule has 6 aromatic rings. The first kappa shape index (κ1) is 47.0. The van der Waals surface area contributed by atoms with Gasteiger partial charge in [-0.3, -0.25) is 9.97 Å². The van der Waals surface area contributed by atoms with Gasteiger partial charge in [-0.15, -0.1) is 0 Å². The SMILES string of the molecule is CCOc1cc2c(OCC)cc1Cc1cc(OCC)c(cc1OCC)Cc1cc(OCC)c(cc1OCC)Cc1c3c(c(c4nccnc14)Cc1cc(OCC)c(cc1OCC)C2)NCCN3. The van der Waals surface area contributed by atoms with Gasteiger partial charge >= 0.3 is 0 Å². The average molecular weight is 911 g/mol. The van der Waals surface area contributed by atoms with Gasteiger partial charge in [-0.25, -0.2) is 0 Å². The predicted molar refractivity (Wildman–Crippen MR) is 266 cm³/mol. The minimum Gasteiger partial charge on any atom is -0.494 e. The highest BCUT2D eigenvalue weighted by Crippen LogP contribution is 2.45. The van der Waals surface area contributed by atoms with Crippen molar-refractivity contribution in [3.63, 3.8) is 0 Å². The Morgan fingerprint density at radius 3 is 0.746 bits per heavy atom. The van der Waals surface area contributed by atoms with Crippen LogP contribution in [0.25, 0.3) is 11.0 Å². The molecule has 2 N–H and O–H groups in total. The number of hydrogen-bond donors (Lipinski definition) is 2. The van der Waals surface area contributed by atoms with Crippen LogP contribution < -0.4 is 48.5 Å². The minimum absolute atomic E-state index is 0.492. The highest BCUT2D eigenvalue weighted by Gasteiger charge is 2.28. The van der Waals surface area contributed by atoms with Crippen molar-refractivity contribution >= 4 is 22.4 Å². The van der Waals surface area contributed by atoms with Crippen molar-refractivity contribution in [2.24, 2.45) is 0 Å². The molecule has 9 aliphatic carbocycles. The maximum atomic E-state index is 6.51. The van der Waals surface area contributed by atoms with Crippen molar-refractivity contribution in [2.45, 2.75) is 87.5 Å². The van der Waals surface area contributed by atoms with E-state index in [0.717, 1.165) is 137 Å². The lowest BCUT2D eigenvalue weighted by atomic mass is 9.91. The molecule has 0 amide bonds. The van der Waals surface area contributed by atoms with E-state index in [2.05, 4.69) is 59.2 Å². The normalized spacial score (nSPS) is 13.1. The lowest BCUT2D eigenvalue weighted by molar-refractivity contribution is 0.320. The molecule has 67 heavy (non-hydrogen) atoms. The fraction of sp³-hybridized carbons (Fsp3) is 0.418. The zero-order valence-electron chi connectivity index (χ0n) is 40.5. The summed E-state index contributed by atoms with van der Waals surface area (Å²) in [6.45, 7) is 21.6. The molecule has 10 aliphatic rings. The first-order chi connectivity index (χ1) is 32.8. The van der Waals surface area contributed by atoms with E-state index in [-0.39, 0.29) is 0 Å². The molecule has 0 spiro atoms. The number of rotatable bonds is 16. The van der Waals surface area contributed by atoms with Crippen LogP contribution in [0.1, 0.15) is 111 Å². The number of nitrogens with zero attached hydrogens (tertiary/aromatic N) is 2. The second-order valence-corrected chi connectivity index (χ2v) is 16.4. The zero-order valence-corrected chi connectivity index (χ0v) is 40.5. The number of hydrogen-bond acceptors (Lipinski definition) is 12. The second kappa shape index (κ2) is 21.8. The third-order valence-electron chi connectivity index (χ3n) is 12.1. The Kier molecular flexibility index (Phi) is 15.3. The van der Waals surface area contributed by atoms with Crippen LogP contribution in [0.15, 0.2) is 60.9 Å². The van der Waals surface area contributed by atoms with Crippen LogP contribution >= 0.6 is 0 Å². The Morgan fingerprint density at radius 1 is 0.328 bits per heavy atom. The molecule has 12 nitrogen and oxygen atoms in total. The summed E-state index contributed by atoms with van der Waals surface area (Å²) in [5.74, 6) is 6.25. The van der Waals surface area contributed by atoms with Gasteiger partial charge in [0.15, 0.2) is 0 Å². The van der Waals surface area contributed by atoms with Crippen LogP contribution in [0.5, 0.6) is 46.0 Å². The van der Waals surface area contributed by atoms with Crippen molar-refractivity contribution < 1.29 is 37.9 Å². The number of anilines is 2. The molecule has 0 radical (unpaired) electrons. The standard InChI is InChI=1S/C55H66N4O8/c1-9-60-44-28-36-22-38-30-50(66-15-7)40(32-48(38)64-13-5)24-42-52-54(58-19-17-56-52)43(55-53(42)57-18-20-59-55)25-41-33-49(65-14-6)39(31-51(41)67-16-8)23-37-29-45(61-10-2)35(27-47(37)63-12-4)21-34(44)26-46(36)62-11-3/h17,19,26-33,57,59H,9-16,18,20-25H2,1-8H3. The van der Waals surface area contributed by atoms with Crippen LogP contribution in [0.4, 0.5) is 11.4 Å². The Labute approximate surface area is 395 Å². The van der Waals surface area contributed by atoms with Gasteiger partial charge in [0.2, 0.25) is 0 Å². The highest BCUT2D eigenvalue weighted by molar-refractivity contribution is 5.97. The molecule has 354 valence electrons. The quantitative estimate of drug-likeness (QED) is 0.0959. The minimum atomic E-state index is 0.492. The summed E-state index contributed by atoms with van der Waals surface area (Å²) in [6.07, 6.45) is 6.17. The lowest BCUT2D eigenvalue weighted by Crippen LogP contribution is -2.24. The van der Waals surface area contributed by atoms with E-state index in [1.165, 1.54) is 0 Å². The third-order valence-corrected chi connectivity index (χ3v) is 12.1. The summed E-state index contributed by atoms with van der Waals surface area (Å²) in [5.41, 5.74) is 13.6. The Morgan fingerprint density at radius 2 is 0.537 bits per heavy atom. The van der Waals surface area contributed by atoms with E-state index in [0.29, 0.717) is 85.0 Å². The smallest absolute Gasteiger partial charge is 0.123 e. The Bertz CT molecular complexity index is 2520. The van der Waals surface area contributed by atoms with E-state index in [1.807, 2.05) is 55.4 Å². The maximum Gasteiger partial charge on any atom is 0.123 e. The molecule has 10 bridgehead atoms. The third kappa shape index (κ3) is 10.1. The molecule has 12 heteroatoms. The maximum absolute atomic E-state index is 6.51. The van der Waals surface area contributed by atoms with Crippen molar-refractivity contribution in [2.75, 3.05) is 76.6 Å². The molecule has 0 fully saturated rings. The lowest BCUT2D eigenvalue weighted by Gasteiger charge is -2.28. The van der Waals surface area contributed by atoms with Gasteiger partial charge in [0.05, 0.1) is 75.3 Å². The fourth-order valence-corrected chi connectivity index (χ4v) is 9.42. The van der Waals surface area contributed by atoms with Crippen molar-refractivity contribution in [3.05, 3.63) is 117 Å². The highest BCUT2D eigenvalue weighted by atomic mass is 16.5. The van der Waals surface area contributed by atoms with E-state index < -0.39 is 0 Å². The van der Waals surface area contributed by atoms with Crippen LogP contribution in [0.3, 0.4) is 0 Å². The van der Waals surface area contributed by atoms with Gasteiger partial charge in [-0.1, -0.05) is 0 Å². The summed E-state index contributed by atoms with van der Waals surface area (Å²) in [6, 6.07) is 17.0. The van der Waals surface area contributed by atoms with E-state index >= 15 is 0 Å². The molecule has 2 heterocycles. The van der Waals surface area contributed by atoms with Crippen LogP contribution in [-0.2, 0) is 32.1 Å². The molecule has 0 atom stereocenters. The van der Waals surface area contributed by atoms with Crippen LogP contribution in [0.2, 0.25) is 0 Å². The average Bonchev–Trinajstić information content (AvgIpc) is 3.32.